The summed E-state index contributed by atoms with van der Waals surface area (Å²) in [7, 11) is 1.64. The lowest BCUT2D eigenvalue weighted by Crippen LogP contribution is -2.40. The zero-order chi connectivity index (χ0) is 14.7. The third-order valence-corrected chi connectivity index (χ3v) is 3.70. The highest BCUT2D eigenvalue weighted by Crippen LogP contribution is 2.26. The smallest absolute Gasteiger partial charge is 0.339 e. The molecule has 1 aromatic heterocycles. The highest BCUT2D eigenvalue weighted by Gasteiger charge is 2.26. The van der Waals surface area contributed by atoms with Crippen LogP contribution in [0.2, 0.25) is 0 Å². The minimum absolute atomic E-state index is 0.0208. The molecule has 2 heterocycles. The van der Waals surface area contributed by atoms with E-state index in [0.717, 1.165) is 18.5 Å². The number of aromatic carboxylic acids is 1. The number of rotatable bonds is 3. The van der Waals surface area contributed by atoms with E-state index in [2.05, 4.69) is 10.3 Å². The molecule has 20 heavy (non-hydrogen) atoms. The molecule has 0 unspecified atom stereocenters. The molecular weight excluding hydrogens is 258 g/mol. The lowest BCUT2D eigenvalue weighted by atomic mass is 9.95. The van der Waals surface area contributed by atoms with Crippen molar-refractivity contribution in [2.75, 3.05) is 25.0 Å². The predicted molar refractivity (Wildman–Crippen MR) is 74.9 cm³/mol. The number of carboxylic acids is 1. The molecule has 1 fully saturated rings. The average molecular weight is 277 g/mol. The van der Waals surface area contributed by atoms with Crippen LogP contribution in [0, 0.1) is 12.8 Å². The van der Waals surface area contributed by atoms with Crippen LogP contribution in [-0.4, -0.2) is 42.1 Å². The van der Waals surface area contributed by atoms with Gasteiger partial charge in [0.15, 0.2) is 0 Å². The SMILES string of the molecule is CNC(=O)C1CCN(c2cc(C)ncc2C(=O)O)CC1. The lowest BCUT2D eigenvalue weighted by molar-refractivity contribution is -0.125. The van der Waals surface area contributed by atoms with Crippen molar-refractivity contribution >= 4 is 17.6 Å². The Morgan fingerprint density at radius 1 is 1.40 bits per heavy atom. The monoisotopic (exact) mass is 277 g/mol. The van der Waals surface area contributed by atoms with Gasteiger partial charge in [-0.3, -0.25) is 9.78 Å². The van der Waals surface area contributed by atoms with Crippen molar-refractivity contribution in [3.8, 4) is 0 Å². The first-order valence-electron chi connectivity index (χ1n) is 6.69. The Kier molecular flexibility index (Phi) is 4.22. The lowest BCUT2D eigenvalue weighted by Gasteiger charge is -2.33. The summed E-state index contributed by atoms with van der Waals surface area (Å²) in [6.07, 6.45) is 2.87. The van der Waals surface area contributed by atoms with E-state index in [-0.39, 0.29) is 17.4 Å². The third kappa shape index (κ3) is 2.89. The number of pyridine rings is 1. The van der Waals surface area contributed by atoms with Crippen molar-refractivity contribution in [2.45, 2.75) is 19.8 Å². The fourth-order valence-corrected chi connectivity index (χ4v) is 2.56. The molecule has 0 saturated carbocycles. The van der Waals surface area contributed by atoms with Gasteiger partial charge in [0, 0.05) is 37.9 Å². The first-order valence-corrected chi connectivity index (χ1v) is 6.69. The highest BCUT2D eigenvalue weighted by atomic mass is 16.4. The summed E-state index contributed by atoms with van der Waals surface area (Å²) in [4.78, 5) is 28.9. The van der Waals surface area contributed by atoms with Crippen LogP contribution in [-0.2, 0) is 4.79 Å². The van der Waals surface area contributed by atoms with Crippen LogP contribution in [0.3, 0.4) is 0 Å². The summed E-state index contributed by atoms with van der Waals surface area (Å²) >= 11 is 0. The van der Waals surface area contributed by atoms with Gasteiger partial charge in [-0.25, -0.2) is 4.79 Å². The topological polar surface area (TPSA) is 82.5 Å². The van der Waals surface area contributed by atoms with Crippen LogP contribution in [0.5, 0.6) is 0 Å². The van der Waals surface area contributed by atoms with Gasteiger partial charge in [0.25, 0.3) is 0 Å². The third-order valence-electron chi connectivity index (χ3n) is 3.70. The van der Waals surface area contributed by atoms with E-state index in [9.17, 15) is 14.7 Å². The Bertz CT molecular complexity index is 522. The summed E-state index contributed by atoms with van der Waals surface area (Å²) in [6, 6.07) is 1.80. The molecule has 2 rings (SSSR count). The standard InChI is InChI=1S/C14H19N3O3/c1-9-7-12(11(8-16-9)14(19)20)17-5-3-10(4-6-17)13(18)15-2/h7-8,10H,3-6H2,1-2H3,(H,15,18)(H,19,20). The van der Waals surface area contributed by atoms with Gasteiger partial charge in [-0.1, -0.05) is 0 Å². The number of anilines is 1. The summed E-state index contributed by atoms with van der Waals surface area (Å²) in [5.74, 6) is -0.887. The Morgan fingerprint density at radius 2 is 2.05 bits per heavy atom. The highest BCUT2D eigenvalue weighted by molar-refractivity contribution is 5.94. The summed E-state index contributed by atoms with van der Waals surface area (Å²) in [5.41, 5.74) is 1.70. The van der Waals surface area contributed by atoms with Gasteiger partial charge >= 0.3 is 5.97 Å². The second-order valence-corrected chi connectivity index (χ2v) is 5.02. The normalized spacial score (nSPS) is 16.0. The number of amides is 1. The molecule has 6 nitrogen and oxygen atoms in total. The molecule has 0 radical (unpaired) electrons. The van der Waals surface area contributed by atoms with Gasteiger partial charge < -0.3 is 15.3 Å². The quantitative estimate of drug-likeness (QED) is 0.863. The summed E-state index contributed by atoms with van der Waals surface area (Å²) in [5, 5.41) is 11.9. The molecular formula is C14H19N3O3. The zero-order valence-corrected chi connectivity index (χ0v) is 11.7. The molecule has 0 bridgehead atoms. The number of carboxylic acid groups (broad SMARTS) is 1. The van der Waals surface area contributed by atoms with Crippen LogP contribution < -0.4 is 10.2 Å². The number of nitrogens with zero attached hydrogens (tertiary/aromatic N) is 2. The number of carbonyl (C=O) groups excluding carboxylic acids is 1. The van der Waals surface area contributed by atoms with E-state index in [4.69, 9.17) is 0 Å². The number of piperidine rings is 1. The van der Waals surface area contributed by atoms with E-state index < -0.39 is 5.97 Å². The molecule has 1 amide bonds. The van der Waals surface area contributed by atoms with Crippen molar-refractivity contribution in [2.24, 2.45) is 5.92 Å². The Balaban J connectivity index is 2.16. The Labute approximate surface area is 117 Å². The van der Waals surface area contributed by atoms with Crippen molar-refractivity contribution in [1.29, 1.82) is 0 Å². The molecule has 6 heteroatoms. The Morgan fingerprint density at radius 3 is 2.60 bits per heavy atom. The average Bonchev–Trinajstić information content (AvgIpc) is 2.46. The van der Waals surface area contributed by atoms with Crippen molar-refractivity contribution in [1.82, 2.24) is 10.3 Å². The van der Waals surface area contributed by atoms with Gasteiger partial charge in [0.1, 0.15) is 5.56 Å². The van der Waals surface area contributed by atoms with E-state index in [1.165, 1.54) is 6.20 Å². The number of hydrogen-bond acceptors (Lipinski definition) is 4. The first kappa shape index (κ1) is 14.3. The van der Waals surface area contributed by atoms with E-state index in [1.807, 2.05) is 11.8 Å². The predicted octanol–water partition coefficient (Wildman–Crippen LogP) is 1.05. The molecule has 0 aromatic carbocycles. The maximum absolute atomic E-state index is 11.6. The largest absolute Gasteiger partial charge is 0.478 e. The molecule has 0 spiro atoms. The van der Waals surface area contributed by atoms with Crippen LogP contribution in [0.1, 0.15) is 28.9 Å². The van der Waals surface area contributed by atoms with Crippen LogP contribution in [0.15, 0.2) is 12.3 Å². The van der Waals surface area contributed by atoms with Crippen LogP contribution in [0.25, 0.3) is 0 Å². The zero-order valence-electron chi connectivity index (χ0n) is 11.7. The number of aromatic nitrogens is 1. The van der Waals surface area contributed by atoms with Gasteiger partial charge in [-0.2, -0.15) is 0 Å². The molecule has 0 aliphatic carbocycles. The number of carbonyl (C=O) groups is 2. The fraction of sp³-hybridized carbons (Fsp3) is 0.500. The van der Waals surface area contributed by atoms with Crippen molar-refractivity contribution in [3.05, 3.63) is 23.5 Å². The maximum Gasteiger partial charge on any atom is 0.339 e. The second-order valence-electron chi connectivity index (χ2n) is 5.02. The first-order chi connectivity index (χ1) is 9.52. The summed E-state index contributed by atoms with van der Waals surface area (Å²) < 4.78 is 0. The minimum Gasteiger partial charge on any atom is -0.478 e. The molecule has 1 saturated heterocycles. The molecule has 2 N–H and O–H groups in total. The molecule has 1 aliphatic heterocycles. The van der Waals surface area contributed by atoms with Gasteiger partial charge in [0.05, 0.1) is 5.69 Å². The number of hydrogen-bond donors (Lipinski definition) is 2. The second kappa shape index (κ2) is 5.90. The van der Waals surface area contributed by atoms with Crippen LogP contribution >= 0.6 is 0 Å². The van der Waals surface area contributed by atoms with Gasteiger partial charge in [0.2, 0.25) is 5.91 Å². The van der Waals surface area contributed by atoms with Gasteiger partial charge in [-0.15, -0.1) is 0 Å². The number of aryl methyl sites for hydroxylation is 1. The van der Waals surface area contributed by atoms with E-state index in [0.29, 0.717) is 18.8 Å². The van der Waals surface area contributed by atoms with E-state index in [1.54, 1.807) is 13.1 Å². The summed E-state index contributed by atoms with van der Waals surface area (Å²) in [6.45, 7) is 3.20. The van der Waals surface area contributed by atoms with Crippen molar-refractivity contribution in [3.63, 3.8) is 0 Å². The van der Waals surface area contributed by atoms with E-state index >= 15 is 0 Å². The number of nitrogens with one attached hydrogen (secondary N) is 1. The minimum atomic E-state index is -0.971. The molecule has 1 aromatic rings. The molecule has 0 atom stereocenters. The van der Waals surface area contributed by atoms with Crippen molar-refractivity contribution < 1.29 is 14.7 Å². The van der Waals surface area contributed by atoms with Gasteiger partial charge in [-0.05, 0) is 25.8 Å². The fourth-order valence-electron chi connectivity index (χ4n) is 2.56. The Hall–Kier alpha value is -2.11. The van der Waals surface area contributed by atoms with Crippen LogP contribution in [0.4, 0.5) is 5.69 Å². The maximum atomic E-state index is 11.6. The molecule has 108 valence electrons. The molecule has 1 aliphatic rings.